The molecule has 0 aliphatic rings. The Kier molecular flexibility index (Phi) is 3.18. The third-order valence-electron chi connectivity index (χ3n) is 2.15. The second kappa shape index (κ2) is 4.59. The van der Waals surface area contributed by atoms with Gasteiger partial charge in [0.15, 0.2) is 0 Å². The molecule has 2 rings (SSSR count). The van der Waals surface area contributed by atoms with Crippen molar-refractivity contribution in [3.8, 4) is 5.06 Å². The van der Waals surface area contributed by atoms with Gasteiger partial charge in [-0.15, -0.1) is 0 Å². The van der Waals surface area contributed by atoms with Crippen molar-refractivity contribution in [3.05, 3.63) is 24.3 Å². The molecule has 0 aliphatic heterocycles. The molecule has 1 heterocycles. The van der Waals surface area contributed by atoms with E-state index >= 15 is 0 Å². The number of nitrogens with zero attached hydrogens (tertiary/aromatic N) is 1. The van der Waals surface area contributed by atoms with Crippen molar-refractivity contribution >= 4 is 22.4 Å². The molecule has 15 heavy (non-hydrogen) atoms. The second-order valence-corrected chi connectivity index (χ2v) is 4.21. The lowest BCUT2D eigenvalue weighted by Crippen LogP contribution is -2.25. The molecule has 1 N–H and O–H groups in total. The molecule has 1 aromatic carbocycles. The van der Waals surface area contributed by atoms with Crippen molar-refractivity contribution in [2.75, 3.05) is 13.6 Å². The zero-order valence-electron chi connectivity index (χ0n) is 8.86. The van der Waals surface area contributed by atoms with Crippen LogP contribution in [0.4, 0.5) is 0 Å². The van der Waals surface area contributed by atoms with Crippen LogP contribution in [0, 0.1) is 0 Å². The average Bonchev–Trinajstić information content (AvgIpc) is 2.62. The molecule has 0 aliphatic carbocycles. The number of likely N-dealkylation sites (N-methyl/N-ethyl adjacent to an activating group) is 1. The Hall–Kier alpha value is -1.13. The van der Waals surface area contributed by atoms with Crippen molar-refractivity contribution in [1.29, 1.82) is 0 Å². The van der Waals surface area contributed by atoms with Crippen LogP contribution >= 0.6 is 11.5 Å². The van der Waals surface area contributed by atoms with Crippen LogP contribution in [0.15, 0.2) is 24.3 Å². The normalized spacial score (nSPS) is 12.9. The number of benzene rings is 1. The van der Waals surface area contributed by atoms with E-state index in [0.29, 0.717) is 0 Å². The first-order chi connectivity index (χ1) is 7.31. The van der Waals surface area contributed by atoms with Crippen LogP contribution in [-0.4, -0.2) is 24.1 Å². The van der Waals surface area contributed by atoms with Gasteiger partial charge in [0, 0.05) is 18.1 Å². The minimum absolute atomic E-state index is 0.166. The molecule has 0 bridgehead atoms. The van der Waals surface area contributed by atoms with Crippen LogP contribution in [-0.2, 0) is 0 Å². The molecule has 4 heteroatoms. The van der Waals surface area contributed by atoms with Crippen molar-refractivity contribution < 1.29 is 4.74 Å². The zero-order valence-corrected chi connectivity index (χ0v) is 9.67. The fourth-order valence-corrected chi connectivity index (χ4v) is 2.28. The molecule has 0 spiro atoms. The monoisotopic (exact) mass is 222 g/mol. The first-order valence-corrected chi connectivity index (χ1v) is 5.74. The molecule has 1 aromatic heterocycles. The Balaban J connectivity index is 2.21. The fraction of sp³-hybridized carbons (Fsp3) is 0.364. The van der Waals surface area contributed by atoms with E-state index in [4.69, 9.17) is 4.74 Å². The van der Waals surface area contributed by atoms with Gasteiger partial charge in [-0.1, -0.05) is 12.1 Å². The molecule has 0 amide bonds. The van der Waals surface area contributed by atoms with E-state index in [9.17, 15) is 0 Å². The summed E-state index contributed by atoms with van der Waals surface area (Å²) in [6, 6.07) is 8.04. The molecule has 0 radical (unpaired) electrons. The van der Waals surface area contributed by atoms with E-state index < -0.39 is 0 Å². The lowest BCUT2D eigenvalue weighted by atomic mass is 10.2. The summed E-state index contributed by atoms with van der Waals surface area (Å²) in [7, 11) is 1.92. The number of nitrogens with one attached hydrogen (secondary N) is 1. The molecule has 3 nitrogen and oxygen atoms in total. The van der Waals surface area contributed by atoms with Crippen LogP contribution in [0.2, 0.25) is 0 Å². The Morgan fingerprint density at radius 1 is 1.47 bits per heavy atom. The van der Waals surface area contributed by atoms with Gasteiger partial charge in [0.2, 0.25) is 5.06 Å². The number of fused-ring (bicyclic) bond motifs is 1. The van der Waals surface area contributed by atoms with Gasteiger partial charge in [-0.2, -0.15) is 4.37 Å². The van der Waals surface area contributed by atoms with E-state index in [1.54, 1.807) is 0 Å². The Labute approximate surface area is 93.2 Å². The highest BCUT2D eigenvalue weighted by Gasteiger charge is 2.09. The van der Waals surface area contributed by atoms with E-state index in [1.807, 2.05) is 38.2 Å². The first kappa shape index (κ1) is 10.4. The zero-order chi connectivity index (χ0) is 10.7. The van der Waals surface area contributed by atoms with Crippen molar-refractivity contribution in [1.82, 2.24) is 9.69 Å². The molecular formula is C11H14N2OS. The summed E-state index contributed by atoms with van der Waals surface area (Å²) in [5.74, 6) is 0. The van der Waals surface area contributed by atoms with E-state index in [1.165, 1.54) is 11.5 Å². The van der Waals surface area contributed by atoms with Crippen LogP contribution < -0.4 is 10.1 Å². The predicted octanol–water partition coefficient (Wildman–Crippen LogP) is 2.28. The molecule has 0 fully saturated rings. The predicted molar refractivity (Wildman–Crippen MR) is 63.6 cm³/mol. The number of rotatable bonds is 4. The molecule has 1 unspecified atom stereocenters. The summed E-state index contributed by atoms with van der Waals surface area (Å²) < 4.78 is 10.1. The van der Waals surface area contributed by atoms with Gasteiger partial charge < -0.3 is 10.1 Å². The van der Waals surface area contributed by atoms with Crippen LogP contribution in [0.25, 0.3) is 10.9 Å². The van der Waals surface area contributed by atoms with Crippen LogP contribution in [0.3, 0.4) is 0 Å². The van der Waals surface area contributed by atoms with E-state index in [0.717, 1.165) is 22.5 Å². The highest BCUT2D eigenvalue weighted by atomic mass is 32.1. The lowest BCUT2D eigenvalue weighted by molar-refractivity contribution is 0.230. The van der Waals surface area contributed by atoms with E-state index in [2.05, 4.69) is 9.69 Å². The van der Waals surface area contributed by atoms with Crippen molar-refractivity contribution in [2.24, 2.45) is 0 Å². The standard InChI is InChI=1S/C11H14N2OS/c1-8(7-12-2)14-11-9-5-3-4-6-10(9)13-15-11/h3-6,8,12H,7H2,1-2H3. The average molecular weight is 222 g/mol. The summed E-state index contributed by atoms with van der Waals surface area (Å²) in [5, 5.41) is 5.10. The summed E-state index contributed by atoms with van der Waals surface area (Å²) in [5.41, 5.74) is 1.01. The minimum atomic E-state index is 0.166. The lowest BCUT2D eigenvalue weighted by Gasteiger charge is -2.11. The number of hydrogen-bond donors (Lipinski definition) is 1. The van der Waals surface area contributed by atoms with E-state index in [-0.39, 0.29) is 6.10 Å². The Morgan fingerprint density at radius 3 is 3.07 bits per heavy atom. The Morgan fingerprint density at radius 2 is 2.27 bits per heavy atom. The third kappa shape index (κ3) is 2.27. The maximum Gasteiger partial charge on any atom is 0.201 e. The molecular weight excluding hydrogens is 208 g/mol. The SMILES string of the molecule is CNCC(C)Oc1snc2ccccc12. The van der Waals surface area contributed by atoms with Gasteiger partial charge in [0.1, 0.15) is 6.10 Å². The van der Waals surface area contributed by atoms with Gasteiger partial charge in [-0.05, 0) is 26.1 Å². The second-order valence-electron chi connectivity index (χ2n) is 3.47. The first-order valence-electron chi connectivity index (χ1n) is 4.97. The number of hydrogen-bond acceptors (Lipinski definition) is 4. The highest BCUT2D eigenvalue weighted by Crippen LogP contribution is 2.30. The number of ether oxygens (including phenoxy) is 1. The maximum atomic E-state index is 5.80. The quantitative estimate of drug-likeness (QED) is 0.861. The van der Waals surface area contributed by atoms with Gasteiger partial charge >= 0.3 is 0 Å². The molecule has 2 aromatic rings. The largest absolute Gasteiger partial charge is 0.478 e. The van der Waals surface area contributed by atoms with Gasteiger partial charge in [0.25, 0.3) is 0 Å². The van der Waals surface area contributed by atoms with Crippen LogP contribution in [0.5, 0.6) is 5.06 Å². The topological polar surface area (TPSA) is 34.1 Å². The minimum Gasteiger partial charge on any atom is -0.478 e. The highest BCUT2D eigenvalue weighted by molar-refractivity contribution is 7.09. The number of aromatic nitrogens is 1. The van der Waals surface area contributed by atoms with Gasteiger partial charge in [-0.3, -0.25) is 0 Å². The molecule has 0 saturated carbocycles. The fourth-order valence-electron chi connectivity index (χ4n) is 1.46. The molecule has 80 valence electrons. The van der Waals surface area contributed by atoms with Crippen molar-refractivity contribution in [3.63, 3.8) is 0 Å². The Bertz CT molecular complexity index is 441. The summed E-state index contributed by atoms with van der Waals surface area (Å²) in [6.07, 6.45) is 0.166. The van der Waals surface area contributed by atoms with Crippen LogP contribution in [0.1, 0.15) is 6.92 Å². The van der Waals surface area contributed by atoms with Crippen molar-refractivity contribution in [2.45, 2.75) is 13.0 Å². The van der Waals surface area contributed by atoms with Gasteiger partial charge in [-0.25, -0.2) is 0 Å². The molecule has 0 saturated heterocycles. The smallest absolute Gasteiger partial charge is 0.201 e. The summed E-state index contributed by atoms with van der Waals surface area (Å²) >= 11 is 1.42. The summed E-state index contributed by atoms with van der Waals surface area (Å²) in [4.78, 5) is 0. The maximum absolute atomic E-state index is 5.80. The summed E-state index contributed by atoms with van der Waals surface area (Å²) in [6.45, 7) is 2.89. The van der Waals surface area contributed by atoms with Gasteiger partial charge in [0.05, 0.1) is 10.9 Å². The molecule has 1 atom stereocenters. The third-order valence-corrected chi connectivity index (χ3v) is 2.92.